The molecule has 2 saturated heterocycles. The van der Waals surface area contributed by atoms with Crippen LogP contribution in [0.1, 0.15) is 28.3 Å². The van der Waals surface area contributed by atoms with Gasteiger partial charge >= 0.3 is 5.69 Å². The number of nitrogens with zero attached hydrogens (tertiary/aromatic N) is 2. The molecule has 8 heteroatoms. The monoisotopic (exact) mass is 313 g/mol. The highest BCUT2D eigenvalue weighted by Gasteiger charge is 2.55. The molecular formula is C14H21N3O5. The second-order valence-electron chi connectivity index (χ2n) is 6.19. The molecule has 8 nitrogen and oxygen atoms in total. The normalized spacial score (nSPS) is 33.5. The van der Waals surface area contributed by atoms with Crippen LogP contribution in [0.2, 0.25) is 0 Å². The lowest BCUT2D eigenvalue weighted by atomic mass is 10.1. The minimum Gasteiger partial charge on any atom is -0.364 e. The molecule has 1 N–H and O–H groups in total. The zero-order valence-corrected chi connectivity index (χ0v) is 13.0. The van der Waals surface area contributed by atoms with E-state index < -0.39 is 41.6 Å². The Morgan fingerprint density at radius 1 is 1.32 bits per heavy atom. The number of ether oxygens (including phenoxy) is 3. The van der Waals surface area contributed by atoms with Gasteiger partial charge in [0.2, 0.25) is 0 Å². The first-order chi connectivity index (χ1) is 10.7. The third-order valence-corrected chi connectivity index (χ3v) is 3.79. The van der Waals surface area contributed by atoms with E-state index in [9.17, 15) is 9.59 Å². The Balaban J connectivity index is 2.09. The van der Waals surface area contributed by atoms with Crippen LogP contribution in [0.15, 0.2) is 15.7 Å². The standard InChI is InChI=1S/C14H21N3O5/c1-7-10-11(22-14(2,3)21-10)12(20-7)17-9(16(4)5)6-8(18)15-13(17)19/h6-7,10-12H,1-5H3,(H,15,18,19)/t7-,10+,11?,12-/m1/s1/i1T. The molecule has 0 aliphatic carbocycles. The second kappa shape index (κ2) is 4.94. The smallest absolute Gasteiger partial charge is 0.332 e. The first kappa shape index (κ1) is 14.0. The number of rotatable bonds is 2. The molecule has 0 spiro atoms. The maximum absolute atomic E-state index is 12.4. The highest BCUT2D eigenvalue weighted by Crippen LogP contribution is 2.43. The summed E-state index contributed by atoms with van der Waals surface area (Å²) in [4.78, 5) is 27.9. The average Bonchev–Trinajstić information content (AvgIpc) is 2.91. The van der Waals surface area contributed by atoms with Crippen molar-refractivity contribution in [2.45, 2.75) is 51.1 Å². The van der Waals surface area contributed by atoms with Gasteiger partial charge in [0, 0.05) is 21.5 Å². The van der Waals surface area contributed by atoms with Gasteiger partial charge in [0.15, 0.2) is 12.0 Å². The van der Waals surface area contributed by atoms with Gasteiger partial charge in [0.1, 0.15) is 18.0 Å². The fraction of sp³-hybridized carbons (Fsp3) is 0.714. The molecule has 122 valence electrons. The van der Waals surface area contributed by atoms with Crippen molar-refractivity contribution in [3.8, 4) is 0 Å². The maximum atomic E-state index is 12.4. The first-order valence-electron chi connectivity index (χ1n) is 7.78. The van der Waals surface area contributed by atoms with Crippen molar-refractivity contribution in [3.63, 3.8) is 0 Å². The van der Waals surface area contributed by atoms with Crippen LogP contribution >= 0.6 is 0 Å². The number of aromatic amines is 1. The Bertz CT molecular complexity index is 713. The zero-order chi connectivity index (χ0) is 16.9. The molecule has 22 heavy (non-hydrogen) atoms. The summed E-state index contributed by atoms with van der Waals surface area (Å²) in [5.74, 6) is -0.407. The number of hydrogen-bond donors (Lipinski definition) is 1. The Hall–Kier alpha value is -1.64. The maximum Gasteiger partial charge on any atom is 0.332 e. The van der Waals surface area contributed by atoms with E-state index in [2.05, 4.69) is 4.98 Å². The number of hydrogen-bond acceptors (Lipinski definition) is 6. The third kappa shape index (κ3) is 2.37. The van der Waals surface area contributed by atoms with Gasteiger partial charge in [-0.2, -0.15) is 0 Å². The number of fused-ring (bicyclic) bond motifs is 1. The molecule has 4 atom stereocenters. The summed E-state index contributed by atoms with van der Waals surface area (Å²) in [7, 11) is 3.46. The molecule has 1 aromatic rings. The highest BCUT2D eigenvalue weighted by atomic mass is 16.8. The van der Waals surface area contributed by atoms with E-state index >= 15 is 0 Å². The van der Waals surface area contributed by atoms with Gasteiger partial charge in [-0.05, 0) is 20.7 Å². The number of H-pyrrole nitrogens is 1. The summed E-state index contributed by atoms with van der Waals surface area (Å²) in [6.45, 7) is 3.56. The zero-order valence-electron chi connectivity index (χ0n) is 14.0. The van der Waals surface area contributed by atoms with E-state index in [1.807, 2.05) is 0 Å². The number of anilines is 1. The van der Waals surface area contributed by atoms with E-state index in [1.165, 1.54) is 10.6 Å². The predicted molar refractivity (Wildman–Crippen MR) is 79.1 cm³/mol. The van der Waals surface area contributed by atoms with Crippen LogP contribution in [0, 0.1) is 0 Å². The lowest BCUT2D eigenvalue weighted by Gasteiger charge is -2.27. The molecule has 0 saturated carbocycles. The van der Waals surface area contributed by atoms with Gasteiger partial charge in [-0.25, -0.2) is 9.36 Å². The molecule has 2 aliphatic rings. The summed E-state index contributed by atoms with van der Waals surface area (Å²) in [5, 5.41) is 0. The van der Waals surface area contributed by atoms with Gasteiger partial charge in [-0.3, -0.25) is 9.78 Å². The van der Waals surface area contributed by atoms with Gasteiger partial charge in [-0.1, -0.05) is 0 Å². The van der Waals surface area contributed by atoms with E-state index in [-0.39, 0.29) is 6.90 Å². The van der Waals surface area contributed by atoms with Crippen molar-refractivity contribution in [1.82, 2.24) is 9.55 Å². The lowest BCUT2D eigenvalue weighted by Crippen LogP contribution is -2.40. The van der Waals surface area contributed by atoms with Crippen molar-refractivity contribution in [3.05, 3.63) is 26.9 Å². The van der Waals surface area contributed by atoms with Crippen LogP contribution in [0.3, 0.4) is 0 Å². The molecule has 0 amide bonds. The number of aromatic nitrogens is 2. The van der Waals surface area contributed by atoms with Crippen LogP contribution in [0.4, 0.5) is 5.82 Å². The molecule has 3 heterocycles. The van der Waals surface area contributed by atoms with E-state index in [1.54, 1.807) is 32.8 Å². The SMILES string of the molecule is [3H]C[C@H]1O[C@@H](n2c(N(C)C)cc(=O)[nH]c2=O)C2OC(C)(C)O[C@H]21. The van der Waals surface area contributed by atoms with Crippen molar-refractivity contribution < 1.29 is 15.6 Å². The Morgan fingerprint density at radius 3 is 2.64 bits per heavy atom. The average molecular weight is 313 g/mol. The molecule has 1 aromatic heterocycles. The van der Waals surface area contributed by atoms with Crippen LogP contribution < -0.4 is 16.1 Å². The first-order valence-corrected chi connectivity index (χ1v) is 7.07. The molecule has 2 aliphatic heterocycles. The fourth-order valence-corrected chi connectivity index (χ4v) is 2.95. The van der Waals surface area contributed by atoms with Crippen molar-refractivity contribution in [2.24, 2.45) is 0 Å². The van der Waals surface area contributed by atoms with Gasteiger partial charge in [0.25, 0.3) is 5.56 Å². The Morgan fingerprint density at radius 2 is 2.00 bits per heavy atom. The predicted octanol–water partition coefficient (Wildman–Crippen LogP) is 0.0400. The minimum absolute atomic E-state index is 0.00743. The van der Waals surface area contributed by atoms with Crippen LogP contribution in [-0.4, -0.2) is 47.7 Å². The van der Waals surface area contributed by atoms with Gasteiger partial charge < -0.3 is 19.1 Å². The van der Waals surface area contributed by atoms with Crippen LogP contribution in [0.5, 0.6) is 0 Å². The fourth-order valence-electron chi connectivity index (χ4n) is 2.95. The quantitative estimate of drug-likeness (QED) is 0.830. The molecular weight excluding hydrogens is 290 g/mol. The van der Waals surface area contributed by atoms with Crippen molar-refractivity contribution in [1.29, 1.82) is 0 Å². The van der Waals surface area contributed by atoms with Crippen LogP contribution in [-0.2, 0) is 14.2 Å². The van der Waals surface area contributed by atoms with Gasteiger partial charge in [0.05, 0.1) is 6.10 Å². The molecule has 0 bridgehead atoms. The topological polar surface area (TPSA) is 85.8 Å². The highest BCUT2D eigenvalue weighted by molar-refractivity contribution is 5.36. The van der Waals surface area contributed by atoms with Gasteiger partial charge in [-0.15, -0.1) is 0 Å². The largest absolute Gasteiger partial charge is 0.364 e. The molecule has 3 rings (SSSR count). The second-order valence-corrected chi connectivity index (χ2v) is 6.19. The summed E-state index contributed by atoms with van der Waals surface area (Å²) in [6, 6.07) is 1.33. The lowest BCUT2D eigenvalue weighted by molar-refractivity contribution is -0.195. The summed E-state index contributed by atoms with van der Waals surface area (Å²) in [5.41, 5.74) is -1.06. The Labute approximate surface area is 129 Å². The van der Waals surface area contributed by atoms with Crippen LogP contribution in [0.25, 0.3) is 0 Å². The third-order valence-electron chi connectivity index (χ3n) is 3.79. The molecule has 2 fully saturated rings. The molecule has 1 unspecified atom stereocenters. The van der Waals surface area contributed by atoms with Crippen molar-refractivity contribution in [2.75, 3.05) is 19.0 Å². The van der Waals surface area contributed by atoms with E-state index in [0.29, 0.717) is 5.82 Å². The molecule has 0 aromatic carbocycles. The summed E-state index contributed by atoms with van der Waals surface area (Å²) < 4.78 is 26.5. The van der Waals surface area contributed by atoms with E-state index in [0.717, 1.165) is 0 Å². The van der Waals surface area contributed by atoms with Crippen molar-refractivity contribution >= 4 is 5.82 Å². The van der Waals surface area contributed by atoms with E-state index in [4.69, 9.17) is 15.6 Å². The minimum atomic E-state index is -0.811. The molecule has 0 radical (unpaired) electrons. The Kier molecular flexibility index (Phi) is 3.14. The summed E-state index contributed by atoms with van der Waals surface area (Å²) >= 11 is 0. The number of nitrogens with one attached hydrogen (secondary N) is 1. The summed E-state index contributed by atoms with van der Waals surface area (Å²) in [6.07, 6.45) is -2.22.